The molecular weight excluding hydrogens is 455 g/mol. The molecule has 4 aromatic rings. The van der Waals surface area contributed by atoms with Crippen molar-refractivity contribution in [3.8, 4) is 22.6 Å². The fourth-order valence-corrected chi connectivity index (χ4v) is 5.06. The zero-order valence-corrected chi connectivity index (χ0v) is 21.4. The molecule has 0 unspecified atom stereocenters. The SMILES string of the molecule is CCN1CCN(Cc2ccc(-c3nc(N)nc(-c4ccc5nn(C)c(C(C)C)c5c4)c3F)nc2)CC1. The van der Waals surface area contributed by atoms with E-state index in [2.05, 4.69) is 50.6 Å². The van der Waals surface area contributed by atoms with Gasteiger partial charge in [-0.25, -0.2) is 14.4 Å². The molecule has 0 amide bonds. The Labute approximate surface area is 211 Å². The minimum Gasteiger partial charge on any atom is -0.368 e. The first-order valence-electron chi connectivity index (χ1n) is 12.5. The van der Waals surface area contributed by atoms with E-state index in [-0.39, 0.29) is 23.3 Å². The summed E-state index contributed by atoms with van der Waals surface area (Å²) in [6.07, 6.45) is 1.80. The molecule has 1 aliphatic rings. The molecule has 1 aromatic carbocycles. The van der Waals surface area contributed by atoms with Crippen molar-refractivity contribution in [3.05, 3.63) is 53.6 Å². The number of rotatable bonds is 6. The number of halogens is 1. The first-order chi connectivity index (χ1) is 17.3. The second-order valence-electron chi connectivity index (χ2n) is 9.75. The van der Waals surface area contributed by atoms with Gasteiger partial charge in [0.15, 0.2) is 5.82 Å². The van der Waals surface area contributed by atoms with E-state index in [0.717, 1.165) is 61.4 Å². The van der Waals surface area contributed by atoms with Crippen molar-refractivity contribution in [2.45, 2.75) is 33.2 Å². The summed E-state index contributed by atoms with van der Waals surface area (Å²) in [7, 11) is 1.93. The fraction of sp³-hybridized carbons (Fsp3) is 0.407. The number of nitrogen functional groups attached to an aromatic ring is 1. The van der Waals surface area contributed by atoms with Crippen molar-refractivity contribution >= 4 is 16.9 Å². The van der Waals surface area contributed by atoms with Crippen molar-refractivity contribution in [1.82, 2.24) is 34.5 Å². The van der Waals surface area contributed by atoms with E-state index in [9.17, 15) is 0 Å². The van der Waals surface area contributed by atoms with Crippen LogP contribution in [0.1, 0.15) is 37.9 Å². The number of nitrogens with two attached hydrogens (primary N) is 1. The van der Waals surface area contributed by atoms with E-state index in [1.54, 1.807) is 6.20 Å². The molecule has 8 nitrogen and oxygen atoms in total. The largest absolute Gasteiger partial charge is 0.368 e. The Kier molecular flexibility index (Phi) is 6.68. The molecule has 188 valence electrons. The lowest BCUT2D eigenvalue weighted by molar-refractivity contribution is 0.132. The van der Waals surface area contributed by atoms with Crippen LogP contribution < -0.4 is 5.73 Å². The molecule has 3 aromatic heterocycles. The van der Waals surface area contributed by atoms with Crippen LogP contribution in [0.25, 0.3) is 33.5 Å². The van der Waals surface area contributed by atoms with E-state index in [1.807, 2.05) is 42.1 Å². The minimum absolute atomic E-state index is 0.0106. The lowest BCUT2D eigenvalue weighted by Gasteiger charge is -2.33. The van der Waals surface area contributed by atoms with Gasteiger partial charge in [-0.3, -0.25) is 14.6 Å². The molecule has 9 heteroatoms. The van der Waals surface area contributed by atoms with Crippen LogP contribution in [0.2, 0.25) is 0 Å². The molecule has 0 aliphatic carbocycles. The number of anilines is 1. The quantitative estimate of drug-likeness (QED) is 0.438. The van der Waals surface area contributed by atoms with Gasteiger partial charge in [0.25, 0.3) is 0 Å². The van der Waals surface area contributed by atoms with Crippen molar-refractivity contribution in [2.75, 3.05) is 38.5 Å². The van der Waals surface area contributed by atoms with Crippen LogP contribution in [0.4, 0.5) is 10.3 Å². The van der Waals surface area contributed by atoms with Gasteiger partial charge in [-0.2, -0.15) is 5.10 Å². The Morgan fingerprint density at radius 2 is 1.72 bits per heavy atom. The van der Waals surface area contributed by atoms with Gasteiger partial charge in [0.1, 0.15) is 11.4 Å². The maximum atomic E-state index is 15.8. The molecule has 1 fully saturated rings. The van der Waals surface area contributed by atoms with Gasteiger partial charge in [-0.1, -0.05) is 32.9 Å². The Hall–Kier alpha value is -3.43. The highest BCUT2D eigenvalue weighted by molar-refractivity contribution is 5.87. The Morgan fingerprint density at radius 1 is 1.00 bits per heavy atom. The molecule has 0 bridgehead atoms. The van der Waals surface area contributed by atoms with Gasteiger partial charge in [-0.15, -0.1) is 0 Å². The molecule has 1 saturated heterocycles. The van der Waals surface area contributed by atoms with Crippen molar-refractivity contribution in [2.24, 2.45) is 7.05 Å². The maximum Gasteiger partial charge on any atom is 0.221 e. The molecule has 0 spiro atoms. The summed E-state index contributed by atoms with van der Waals surface area (Å²) < 4.78 is 17.7. The number of nitrogens with zero attached hydrogens (tertiary/aromatic N) is 7. The predicted octanol–water partition coefficient (Wildman–Crippen LogP) is 4.07. The van der Waals surface area contributed by atoms with Crippen LogP contribution in [0.3, 0.4) is 0 Å². The third-order valence-corrected chi connectivity index (χ3v) is 6.95. The van der Waals surface area contributed by atoms with Crippen LogP contribution in [0.15, 0.2) is 36.5 Å². The van der Waals surface area contributed by atoms with Crippen LogP contribution in [0.5, 0.6) is 0 Å². The number of piperazine rings is 1. The van der Waals surface area contributed by atoms with Gasteiger partial charge in [0, 0.05) is 62.6 Å². The number of pyridine rings is 1. The zero-order chi connectivity index (χ0) is 25.4. The number of hydrogen-bond acceptors (Lipinski definition) is 7. The van der Waals surface area contributed by atoms with Gasteiger partial charge in [0.2, 0.25) is 5.95 Å². The summed E-state index contributed by atoms with van der Waals surface area (Å²) >= 11 is 0. The predicted molar refractivity (Wildman–Crippen MR) is 141 cm³/mol. The average molecular weight is 489 g/mol. The molecular formula is C27H33FN8. The monoisotopic (exact) mass is 488 g/mol. The number of aryl methyl sites for hydroxylation is 1. The fourth-order valence-electron chi connectivity index (χ4n) is 5.06. The average Bonchev–Trinajstić information content (AvgIpc) is 3.21. The molecule has 0 atom stereocenters. The Balaban J connectivity index is 1.44. The number of fused-ring (bicyclic) bond motifs is 1. The number of likely N-dealkylation sites (N-methyl/N-ethyl adjacent to an activating group) is 1. The van der Waals surface area contributed by atoms with E-state index in [1.165, 1.54) is 0 Å². The van der Waals surface area contributed by atoms with Crippen molar-refractivity contribution < 1.29 is 4.39 Å². The summed E-state index contributed by atoms with van der Waals surface area (Å²) in [4.78, 5) is 17.9. The van der Waals surface area contributed by atoms with Crippen molar-refractivity contribution in [3.63, 3.8) is 0 Å². The Morgan fingerprint density at radius 3 is 2.39 bits per heavy atom. The third kappa shape index (κ3) is 4.68. The van der Waals surface area contributed by atoms with Gasteiger partial charge in [0.05, 0.1) is 11.2 Å². The summed E-state index contributed by atoms with van der Waals surface area (Å²) in [5.74, 6) is -0.254. The van der Waals surface area contributed by atoms with E-state index in [0.29, 0.717) is 11.3 Å². The van der Waals surface area contributed by atoms with Crippen LogP contribution in [-0.4, -0.2) is 67.3 Å². The smallest absolute Gasteiger partial charge is 0.221 e. The summed E-state index contributed by atoms with van der Waals surface area (Å²) in [6, 6.07) is 9.45. The second kappa shape index (κ2) is 9.91. The summed E-state index contributed by atoms with van der Waals surface area (Å²) in [5, 5.41) is 5.56. The highest BCUT2D eigenvalue weighted by Gasteiger charge is 2.21. The molecule has 2 N–H and O–H groups in total. The highest BCUT2D eigenvalue weighted by Crippen LogP contribution is 2.32. The van der Waals surface area contributed by atoms with Crippen LogP contribution >= 0.6 is 0 Å². The summed E-state index contributed by atoms with van der Waals surface area (Å²) in [6.45, 7) is 12.6. The molecule has 1 aliphatic heterocycles. The van der Waals surface area contributed by atoms with Gasteiger partial charge >= 0.3 is 0 Å². The lowest BCUT2D eigenvalue weighted by atomic mass is 10.0. The van der Waals surface area contributed by atoms with E-state index in [4.69, 9.17) is 5.73 Å². The highest BCUT2D eigenvalue weighted by atomic mass is 19.1. The number of aromatic nitrogens is 5. The molecule has 5 rings (SSSR count). The first-order valence-corrected chi connectivity index (χ1v) is 12.5. The lowest BCUT2D eigenvalue weighted by Crippen LogP contribution is -2.45. The van der Waals surface area contributed by atoms with Crippen LogP contribution in [0, 0.1) is 5.82 Å². The topological polar surface area (TPSA) is 89.0 Å². The van der Waals surface area contributed by atoms with Crippen molar-refractivity contribution in [1.29, 1.82) is 0 Å². The normalized spacial score (nSPS) is 15.3. The zero-order valence-electron chi connectivity index (χ0n) is 21.4. The van der Waals surface area contributed by atoms with E-state index >= 15 is 4.39 Å². The first kappa shape index (κ1) is 24.3. The number of benzene rings is 1. The van der Waals surface area contributed by atoms with Crippen LogP contribution in [-0.2, 0) is 13.6 Å². The molecule has 0 radical (unpaired) electrons. The Bertz CT molecular complexity index is 1370. The third-order valence-electron chi connectivity index (χ3n) is 6.95. The molecule has 4 heterocycles. The minimum atomic E-state index is -0.533. The second-order valence-corrected chi connectivity index (χ2v) is 9.75. The molecule has 0 saturated carbocycles. The molecule has 36 heavy (non-hydrogen) atoms. The van der Waals surface area contributed by atoms with E-state index < -0.39 is 5.82 Å². The maximum absolute atomic E-state index is 15.8. The van der Waals surface area contributed by atoms with Gasteiger partial charge < -0.3 is 10.6 Å². The summed E-state index contributed by atoms with van der Waals surface area (Å²) in [5.41, 5.74) is 10.4. The standard InChI is InChI=1S/C27H33FN8/c1-5-35-10-12-36(13-11-35)16-18-6-8-22(30-15-18)25-23(28)24(31-27(29)32-25)19-7-9-21-20(14-19)26(17(2)3)34(4)33-21/h6-9,14-15,17H,5,10-13,16H2,1-4H3,(H2,29,31,32). The number of hydrogen-bond donors (Lipinski definition) is 1. The van der Waals surface area contributed by atoms with Gasteiger partial charge in [-0.05, 0) is 36.2 Å².